The highest BCUT2D eigenvalue weighted by Crippen LogP contribution is 2.22. The van der Waals surface area contributed by atoms with Crippen molar-refractivity contribution in [1.29, 1.82) is 0 Å². The minimum absolute atomic E-state index is 0.205. The molecule has 0 aliphatic heterocycles. The zero-order chi connectivity index (χ0) is 17.2. The number of nitrogens with one attached hydrogen (secondary N) is 1. The summed E-state index contributed by atoms with van der Waals surface area (Å²) in [4.78, 5) is 2.46. The lowest BCUT2D eigenvalue weighted by Crippen LogP contribution is -2.21. The van der Waals surface area contributed by atoms with E-state index in [0.717, 1.165) is 5.56 Å². The van der Waals surface area contributed by atoms with Crippen LogP contribution in [0.4, 0.5) is 0 Å². The first-order chi connectivity index (χ1) is 10.7. The summed E-state index contributed by atoms with van der Waals surface area (Å²) < 4.78 is 24.8. The van der Waals surface area contributed by atoms with Gasteiger partial charge in [0.2, 0.25) is 0 Å². The number of sulfonamides is 1. The highest BCUT2D eigenvalue weighted by molar-refractivity contribution is 7.89. The van der Waals surface area contributed by atoms with Crippen molar-refractivity contribution in [3.63, 3.8) is 0 Å². The topological polar surface area (TPSA) is 58.5 Å². The zero-order valence-electron chi connectivity index (χ0n) is 12.9. The molecule has 0 aliphatic rings. The Balaban J connectivity index is 2.32. The number of hydrogen-bond donors (Lipinski definition) is 1. The summed E-state index contributed by atoms with van der Waals surface area (Å²) in [5.74, 6) is 0. The fourth-order valence-electron chi connectivity index (χ4n) is 2.02. The number of nitrogens with zero attached hydrogens (tertiary/aromatic N) is 1. The summed E-state index contributed by atoms with van der Waals surface area (Å²) in [5.41, 5.74) is 2.57. The predicted molar refractivity (Wildman–Crippen MR) is 94.9 cm³/mol. The molecule has 4 nitrogen and oxygen atoms in total. The largest absolute Gasteiger partial charge is 0.276 e. The van der Waals surface area contributed by atoms with E-state index in [1.807, 2.05) is 13.0 Å². The van der Waals surface area contributed by atoms with Crippen molar-refractivity contribution in [3.8, 4) is 0 Å². The molecule has 122 valence electrons. The number of hydrogen-bond acceptors (Lipinski definition) is 3. The van der Waals surface area contributed by atoms with Crippen LogP contribution in [0.3, 0.4) is 0 Å². The predicted octanol–water partition coefficient (Wildman–Crippen LogP) is 4.31. The lowest BCUT2D eigenvalue weighted by molar-refractivity contribution is 0.583. The van der Waals surface area contributed by atoms with Crippen LogP contribution < -0.4 is 4.83 Å². The number of halogens is 2. The van der Waals surface area contributed by atoms with Crippen molar-refractivity contribution in [2.45, 2.75) is 25.7 Å². The van der Waals surface area contributed by atoms with Crippen molar-refractivity contribution in [2.75, 3.05) is 0 Å². The molecule has 23 heavy (non-hydrogen) atoms. The fraction of sp³-hybridized carbons (Fsp3) is 0.188. The molecule has 0 amide bonds. The second kappa shape index (κ2) is 6.91. The zero-order valence-corrected chi connectivity index (χ0v) is 15.2. The van der Waals surface area contributed by atoms with E-state index in [9.17, 15) is 8.42 Å². The standard InChI is InChI=1S/C16H16Cl2N2O2S/c1-10-4-5-11(2)16(8-10)23(21,22)20-19-12(3)14-7-6-13(17)9-15(14)18/h4-9,20H,1-3H3/b19-12-. The van der Waals surface area contributed by atoms with Crippen LogP contribution in [0, 0.1) is 13.8 Å². The van der Waals surface area contributed by atoms with Crippen LogP contribution >= 0.6 is 23.2 Å². The Hall–Kier alpha value is -1.56. The Kier molecular flexibility index (Phi) is 5.34. The van der Waals surface area contributed by atoms with Crippen LogP contribution in [-0.2, 0) is 10.0 Å². The van der Waals surface area contributed by atoms with E-state index >= 15 is 0 Å². The first kappa shape index (κ1) is 17.8. The molecule has 0 spiro atoms. The maximum absolute atomic E-state index is 12.4. The van der Waals surface area contributed by atoms with Gasteiger partial charge in [0.25, 0.3) is 10.0 Å². The Morgan fingerprint density at radius 3 is 2.43 bits per heavy atom. The molecule has 7 heteroatoms. The molecule has 0 unspecified atom stereocenters. The lowest BCUT2D eigenvalue weighted by Gasteiger charge is -2.09. The summed E-state index contributed by atoms with van der Waals surface area (Å²) in [5, 5.41) is 4.86. The average Bonchev–Trinajstić information content (AvgIpc) is 2.47. The molecular weight excluding hydrogens is 355 g/mol. The molecule has 0 saturated heterocycles. The third kappa shape index (κ3) is 4.25. The Morgan fingerprint density at radius 2 is 1.78 bits per heavy atom. The van der Waals surface area contributed by atoms with Gasteiger partial charge in [0.05, 0.1) is 15.6 Å². The molecule has 0 fully saturated rings. The van der Waals surface area contributed by atoms with E-state index in [1.54, 1.807) is 44.2 Å². The third-order valence-electron chi connectivity index (χ3n) is 3.29. The second-order valence-corrected chi connectivity index (χ2v) is 7.66. The summed E-state index contributed by atoms with van der Waals surface area (Å²) in [6.07, 6.45) is 0. The number of aryl methyl sites for hydroxylation is 2. The Labute approximate surface area is 146 Å². The summed E-state index contributed by atoms with van der Waals surface area (Å²) in [7, 11) is -3.74. The van der Waals surface area contributed by atoms with Crippen LogP contribution in [0.25, 0.3) is 0 Å². The van der Waals surface area contributed by atoms with Gasteiger partial charge in [-0.25, -0.2) is 0 Å². The van der Waals surface area contributed by atoms with Gasteiger partial charge in [0.1, 0.15) is 0 Å². The maximum Gasteiger partial charge on any atom is 0.276 e. The molecule has 0 radical (unpaired) electrons. The average molecular weight is 371 g/mol. The van der Waals surface area contributed by atoms with E-state index in [-0.39, 0.29) is 4.90 Å². The molecular formula is C16H16Cl2N2O2S. The first-order valence-electron chi connectivity index (χ1n) is 6.79. The van der Waals surface area contributed by atoms with E-state index in [4.69, 9.17) is 23.2 Å². The van der Waals surface area contributed by atoms with Gasteiger partial charge in [-0.1, -0.05) is 41.4 Å². The molecule has 2 aromatic carbocycles. The van der Waals surface area contributed by atoms with Crippen molar-refractivity contribution in [2.24, 2.45) is 5.10 Å². The summed E-state index contributed by atoms with van der Waals surface area (Å²) in [6, 6.07) is 10.2. The van der Waals surface area contributed by atoms with Gasteiger partial charge in [-0.2, -0.15) is 18.4 Å². The minimum Gasteiger partial charge on any atom is -0.200 e. The van der Waals surface area contributed by atoms with Crippen LogP contribution in [0.5, 0.6) is 0 Å². The van der Waals surface area contributed by atoms with Crippen LogP contribution in [0.2, 0.25) is 10.0 Å². The van der Waals surface area contributed by atoms with Crippen molar-refractivity contribution >= 4 is 38.9 Å². The van der Waals surface area contributed by atoms with Gasteiger partial charge in [-0.15, -0.1) is 0 Å². The fourth-order valence-corrected chi connectivity index (χ4v) is 3.75. The summed E-state index contributed by atoms with van der Waals surface area (Å²) in [6.45, 7) is 5.24. The van der Waals surface area contributed by atoms with E-state index < -0.39 is 10.0 Å². The van der Waals surface area contributed by atoms with Crippen LogP contribution in [-0.4, -0.2) is 14.1 Å². The van der Waals surface area contributed by atoms with Gasteiger partial charge >= 0.3 is 0 Å². The molecule has 0 atom stereocenters. The highest BCUT2D eigenvalue weighted by Gasteiger charge is 2.16. The SMILES string of the molecule is C/C(=N/NS(=O)(=O)c1cc(C)ccc1C)c1ccc(Cl)cc1Cl. The van der Waals surface area contributed by atoms with Gasteiger partial charge in [-0.3, -0.25) is 0 Å². The molecule has 2 aromatic rings. The van der Waals surface area contributed by atoms with Crippen LogP contribution in [0.15, 0.2) is 46.4 Å². The number of benzene rings is 2. The van der Waals surface area contributed by atoms with Gasteiger partial charge in [0.15, 0.2) is 0 Å². The molecule has 0 heterocycles. The van der Waals surface area contributed by atoms with Gasteiger partial charge in [-0.05, 0) is 50.1 Å². The Morgan fingerprint density at radius 1 is 1.09 bits per heavy atom. The van der Waals surface area contributed by atoms with Crippen molar-refractivity contribution < 1.29 is 8.42 Å². The number of hydrazone groups is 1. The van der Waals surface area contributed by atoms with Crippen molar-refractivity contribution in [1.82, 2.24) is 4.83 Å². The lowest BCUT2D eigenvalue weighted by atomic mass is 10.1. The molecule has 0 bridgehead atoms. The molecule has 0 saturated carbocycles. The van der Waals surface area contributed by atoms with Crippen LogP contribution in [0.1, 0.15) is 23.6 Å². The molecule has 0 aliphatic carbocycles. The first-order valence-corrected chi connectivity index (χ1v) is 9.03. The van der Waals surface area contributed by atoms with E-state index in [1.165, 1.54) is 0 Å². The molecule has 0 aromatic heterocycles. The third-order valence-corrected chi connectivity index (χ3v) is 5.19. The van der Waals surface area contributed by atoms with Gasteiger partial charge < -0.3 is 0 Å². The van der Waals surface area contributed by atoms with E-state index in [0.29, 0.717) is 26.9 Å². The highest BCUT2D eigenvalue weighted by atomic mass is 35.5. The normalized spacial score (nSPS) is 12.3. The monoisotopic (exact) mass is 370 g/mol. The van der Waals surface area contributed by atoms with Gasteiger partial charge in [0, 0.05) is 10.6 Å². The van der Waals surface area contributed by atoms with E-state index in [2.05, 4.69) is 9.93 Å². The molecule has 2 rings (SSSR count). The maximum atomic E-state index is 12.4. The summed E-state index contributed by atoms with van der Waals surface area (Å²) >= 11 is 11.9. The number of rotatable bonds is 4. The smallest absolute Gasteiger partial charge is 0.200 e. The Bertz CT molecular complexity index is 878. The minimum atomic E-state index is -3.74. The molecule has 1 N–H and O–H groups in total. The van der Waals surface area contributed by atoms with Crippen molar-refractivity contribution in [3.05, 3.63) is 63.1 Å². The quantitative estimate of drug-likeness (QED) is 0.643. The second-order valence-electron chi connectivity index (χ2n) is 5.19.